The maximum absolute atomic E-state index is 13.7. The van der Waals surface area contributed by atoms with E-state index in [1.54, 1.807) is 6.07 Å². The molecule has 0 amide bonds. The monoisotopic (exact) mass is 234 g/mol. The van der Waals surface area contributed by atoms with Gasteiger partial charge in [0.2, 0.25) is 0 Å². The molecule has 4 nitrogen and oxygen atoms in total. The van der Waals surface area contributed by atoms with E-state index in [9.17, 15) is 4.39 Å². The molecule has 90 valence electrons. The average molecular weight is 234 g/mol. The van der Waals surface area contributed by atoms with Gasteiger partial charge in [-0.15, -0.1) is 10.2 Å². The Morgan fingerprint density at radius 2 is 2.12 bits per heavy atom. The molecule has 0 aliphatic carbocycles. The Labute approximate surface area is 99.3 Å². The number of hydrogen-bond donors (Lipinski definition) is 1. The summed E-state index contributed by atoms with van der Waals surface area (Å²) in [6, 6.07) is 4.47. The van der Waals surface area contributed by atoms with Crippen molar-refractivity contribution in [1.82, 2.24) is 14.8 Å². The Kier molecular flexibility index (Phi) is 3.08. The molecule has 0 saturated heterocycles. The summed E-state index contributed by atoms with van der Waals surface area (Å²) in [5, 5.41) is 8.01. The van der Waals surface area contributed by atoms with Crippen LogP contribution in [0.25, 0.3) is 11.4 Å². The zero-order valence-electron chi connectivity index (χ0n) is 9.94. The fourth-order valence-electron chi connectivity index (χ4n) is 1.79. The fraction of sp³-hybridized carbons (Fsp3) is 0.333. The van der Waals surface area contributed by atoms with E-state index in [2.05, 4.69) is 17.1 Å². The summed E-state index contributed by atoms with van der Waals surface area (Å²) in [6.45, 7) is 4.68. The molecule has 17 heavy (non-hydrogen) atoms. The molecule has 0 spiro atoms. The van der Waals surface area contributed by atoms with Crippen LogP contribution < -0.4 is 5.73 Å². The van der Waals surface area contributed by atoms with E-state index in [0.717, 1.165) is 18.8 Å². The summed E-state index contributed by atoms with van der Waals surface area (Å²) in [7, 11) is 0. The second-order valence-electron chi connectivity index (χ2n) is 3.96. The first-order valence-electron chi connectivity index (χ1n) is 5.58. The minimum atomic E-state index is -0.330. The van der Waals surface area contributed by atoms with Crippen LogP contribution in [-0.2, 0) is 6.54 Å². The lowest BCUT2D eigenvalue weighted by molar-refractivity contribution is 0.622. The third kappa shape index (κ3) is 2.13. The molecule has 1 heterocycles. The second-order valence-corrected chi connectivity index (χ2v) is 3.96. The number of benzene rings is 1. The number of nitrogen functional groups attached to an aromatic ring is 1. The molecular weight excluding hydrogens is 219 g/mol. The highest BCUT2D eigenvalue weighted by Crippen LogP contribution is 2.24. The first-order valence-corrected chi connectivity index (χ1v) is 5.58. The highest BCUT2D eigenvalue weighted by molar-refractivity contribution is 5.62. The Hall–Kier alpha value is -1.91. The number of nitrogens with zero attached hydrogens (tertiary/aromatic N) is 3. The van der Waals surface area contributed by atoms with Crippen LogP contribution in [0.1, 0.15) is 19.2 Å². The Balaban J connectivity index is 2.56. The molecule has 0 radical (unpaired) electrons. The molecule has 0 unspecified atom stereocenters. The molecule has 0 atom stereocenters. The number of hydrogen-bond acceptors (Lipinski definition) is 3. The maximum atomic E-state index is 13.7. The third-order valence-corrected chi connectivity index (χ3v) is 2.61. The highest BCUT2D eigenvalue weighted by atomic mass is 19.1. The van der Waals surface area contributed by atoms with Gasteiger partial charge in [0, 0.05) is 12.2 Å². The van der Waals surface area contributed by atoms with Crippen LogP contribution in [0.4, 0.5) is 10.1 Å². The SMILES string of the molecule is CCCn1c(C)nnc1-c1cc(N)ccc1F. The molecular formula is C12H15FN4. The van der Waals surface area contributed by atoms with Crippen molar-refractivity contribution < 1.29 is 4.39 Å². The number of nitrogens with two attached hydrogens (primary N) is 1. The lowest BCUT2D eigenvalue weighted by Gasteiger charge is -2.08. The van der Waals surface area contributed by atoms with Crippen molar-refractivity contribution in [2.24, 2.45) is 0 Å². The van der Waals surface area contributed by atoms with E-state index in [-0.39, 0.29) is 5.82 Å². The van der Waals surface area contributed by atoms with Gasteiger partial charge in [0.25, 0.3) is 0 Å². The quantitative estimate of drug-likeness (QED) is 0.829. The van der Waals surface area contributed by atoms with Gasteiger partial charge in [-0.3, -0.25) is 0 Å². The zero-order chi connectivity index (χ0) is 12.4. The average Bonchev–Trinajstić information content (AvgIpc) is 2.65. The third-order valence-electron chi connectivity index (χ3n) is 2.61. The molecule has 2 N–H and O–H groups in total. The van der Waals surface area contributed by atoms with Crippen LogP contribution in [-0.4, -0.2) is 14.8 Å². The van der Waals surface area contributed by atoms with Crippen molar-refractivity contribution >= 4 is 5.69 Å². The van der Waals surface area contributed by atoms with Gasteiger partial charge >= 0.3 is 0 Å². The van der Waals surface area contributed by atoms with Gasteiger partial charge in [0.05, 0.1) is 5.56 Å². The van der Waals surface area contributed by atoms with Crippen molar-refractivity contribution in [3.8, 4) is 11.4 Å². The predicted molar refractivity (Wildman–Crippen MR) is 64.9 cm³/mol. The summed E-state index contributed by atoms with van der Waals surface area (Å²) >= 11 is 0. The molecule has 0 bridgehead atoms. The number of rotatable bonds is 3. The van der Waals surface area contributed by atoms with E-state index in [0.29, 0.717) is 17.1 Å². The summed E-state index contributed by atoms with van der Waals surface area (Å²) in [4.78, 5) is 0. The first-order chi connectivity index (χ1) is 8.13. The van der Waals surface area contributed by atoms with Crippen LogP contribution in [0, 0.1) is 12.7 Å². The van der Waals surface area contributed by atoms with Crippen molar-refractivity contribution in [3.63, 3.8) is 0 Å². The van der Waals surface area contributed by atoms with E-state index >= 15 is 0 Å². The minimum absolute atomic E-state index is 0.330. The van der Waals surface area contributed by atoms with Gasteiger partial charge in [-0.25, -0.2) is 4.39 Å². The number of aromatic nitrogens is 3. The smallest absolute Gasteiger partial charge is 0.166 e. The summed E-state index contributed by atoms with van der Waals surface area (Å²) < 4.78 is 15.6. The van der Waals surface area contributed by atoms with Gasteiger partial charge in [-0.2, -0.15) is 0 Å². The van der Waals surface area contributed by atoms with E-state index in [1.807, 2.05) is 11.5 Å². The van der Waals surface area contributed by atoms with Gasteiger partial charge in [0.15, 0.2) is 5.82 Å². The van der Waals surface area contributed by atoms with Gasteiger partial charge in [-0.1, -0.05) is 6.92 Å². The number of anilines is 1. The van der Waals surface area contributed by atoms with E-state index < -0.39 is 0 Å². The zero-order valence-corrected chi connectivity index (χ0v) is 9.94. The lowest BCUT2D eigenvalue weighted by atomic mass is 10.1. The van der Waals surface area contributed by atoms with Crippen LogP contribution in [0.2, 0.25) is 0 Å². The van der Waals surface area contributed by atoms with Gasteiger partial charge < -0.3 is 10.3 Å². The Morgan fingerprint density at radius 1 is 1.35 bits per heavy atom. The van der Waals surface area contributed by atoms with Crippen molar-refractivity contribution in [2.75, 3.05) is 5.73 Å². The Morgan fingerprint density at radius 3 is 2.82 bits per heavy atom. The molecule has 1 aromatic carbocycles. The predicted octanol–water partition coefficient (Wildman–Crippen LogP) is 2.38. The Bertz CT molecular complexity index is 533. The van der Waals surface area contributed by atoms with Gasteiger partial charge in [0.1, 0.15) is 11.6 Å². The normalized spacial score (nSPS) is 10.8. The minimum Gasteiger partial charge on any atom is -0.399 e. The van der Waals surface area contributed by atoms with Crippen molar-refractivity contribution in [3.05, 3.63) is 29.8 Å². The summed E-state index contributed by atoms with van der Waals surface area (Å²) in [5.74, 6) is 0.988. The maximum Gasteiger partial charge on any atom is 0.166 e. The topological polar surface area (TPSA) is 56.7 Å². The molecule has 2 rings (SSSR count). The molecule has 2 aromatic rings. The van der Waals surface area contributed by atoms with Crippen LogP contribution in [0.15, 0.2) is 18.2 Å². The standard InChI is InChI=1S/C12H15FN4/c1-3-6-17-8(2)15-16-12(17)10-7-9(14)4-5-11(10)13/h4-5,7H,3,6,14H2,1-2H3. The molecule has 0 fully saturated rings. The molecule has 5 heteroatoms. The molecule has 0 aliphatic rings. The number of aryl methyl sites for hydroxylation is 1. The molecule has 1 aromatic heterocycles. The van der Waals surface area contributed by atoms with E-state index in [4.69, 9.17) is 5.73 Å². The second kappa shape index (κ2) is 4.53. The van der Waals surface area contributed by atoms with Crippen molar-refractivity contribution in [1.29, 1.82) is 0 Å². The lowest BCUT2D eigenvalue weighted by Crippen LogP contribution is -2.03. The van der Waals surface area contributed by atoms with Crippen LogP contribution in [0.5, 0.6) is 0 Å². The summed E-state index contributed by atoms with van der Waals surface area (Å²) in [5.41, 5.74) is 6.59. The summed E-state index contributed by atoms with van der Waals surface area (Å²) in [6.07, 6.45) is 0.940. The van der Waals surface area contributed by atoms with Gasteiger partial charge in [-0.05, 0) is 31.5 Å². The first kappa shape index (κ1) is 11.6. The van der Waals surface area contributed by atoms with Crippen LogP contribution >= 0.6 is 0 Å². The van der Waals surface area contributed by atoms with Crippen LogP contribution in [0.3, 0.4) is 0 Å². The van der Waals surface area contributed by atoms with Crippen molar-refractivity contribution in [2.45, 2.75) is 26.8 Å². The molecule has 0 aliphatic heterocycles. The largest absolute Gasteiger partial charge is 0.399 e. The molecule has 0 saturated carbocycles. The number of halogens is 1. The highest BCUT2D eigenvalue weighted by Gasteiger charge is 2.14. The van der Waals surface area contributed by atoms with E-state index in [1.165, 1.54) is 12.1 Å². The fourth-order valence-corrected chi connectivity index (χ4v) is 1.79.